The van der Waals surface area contributed by atoms with Crippen molar-refractivity contribution in [2.24, 2.45) is 0 Å². The lowest BCUT2D eigenvalue weighted by atomic mass is 9.73. The van der Waals surface area contributed by atoms with Crippen molar-refractivity contribution in [3.05, 3.63) is 101 Å². The van der Waals surface area contributed by atoms with Crippen LogP contribution in [0.4, 0.5) is 0 Å². The number of hydrogen-bond donors (Lipinski definition) is 1. The molecular formula is C30H33NO5. The number of rotatable bonds is 9. The monoisotopic (exact) mass is 487 g/mol. The predicted molar refractivity (Wildman–Crippen MR) is 138 cm³/mol. The highest BCUT2D eigenvalue weighted by Crippen LogP contribution is 2.36. The van der Waals surface area contributed by atoms with Gasteiger partial charge in [-0.05, 0) is 60.7 Å². The van der Waals surface area contributed by atoms with Gasteiger partial charge in [-0.15, -0.1) is 0 Å². The summed E-state index contributed by atoms with van der Waals surface area (Å²) in [6, 6.07) is 25.0. The molecule has 1 aliphatic heterocycles. The van der Waals surface area contributed by atoms with Crippen LogP contribution in [0, 0.1) is 0 Å². The predicted octanol–water partition coefficient (Wildman–Crippen LogP) is 5.02. The highest BCUT2D eigenvalue weighted by Gasteiger charge is 2.42. The van der Waals surface area contributed by atoms with Crippen LogP contribution in [-0.2, 0) is 26.1 Å². The van der Waals surface area contributed by atoms with Crippen LogP contribution < -0.4 is 10.1 Å². The van der Waals surface area contributed by atoms with Gasteiger partial charge in [-0.3, -0.25) is 4.79 Å². The molecule has 1 amide bonds. The smallest absolute Gasteiger partial charge is 0.337 e. The van der Waals surface area contributed by atoms with Gasteiger partial charge in [-0.2, -0.15) is 0 Å². The molecule has 188 valence electrons. The Hall–Kier alpha value is -3.64. The first-order valence-electron chi connectivity index (χ1n) is 12.4. The van der Waals surface area contributed by atoms with Crippen LogP contribution in [-0.4, -0.2) is 38.8 Å². The van der Waals surface area contributed by atoms with Gasteiger partial charge < -0.3 is 19.5 Å². The number of carbonyl (C=O) groups is 2. The summed E-state index contributed by atoms with van der Waals surface area (Å²) in [5.41, 5.74) is 2.93. The number of carbonyl (C=O) groups excluding carboxylic acids is 2. The van der Waals surface area contributed by atoms with Crippen LogP contribution in [0.25, 0.3) is 0 Å². The van der Waals surface area contributed by atoms with E-state index >= 15 is 0 Å². The number of hydrogen-bond acceptors (Lipinski definition) is 5. The van der Waals surface area contributed by atoms with E-state index in [2.05, 4.69) is 17.4 Å². The van der Waals surface area contributed by atoms with Gasteiger partial charge in [0.1, 0.15) is 5.75 Å². The SMILES string of the molecule is COC(=O)c1ccc([C@H](C)NC(=O)C2(c3ccc(OCCc4ccccc4)cc3)CCOCC2)cc1. The number of ether oxygens (including phenoxy) is 3. The van der Waals surface area contributed by atoms with Crippen molar-refractivity contribution < 1.29 is 23.8 Å². The molecular weight excluding hydrogens is 454 g/mol. The van der Waals surface area contributed by atoms with E-state index in [1.165, 1.54) is 12.7 Å². The molecule has 1 fully saturated rings. The number of amides is 1. The van der Waals surface area contributed by atoms with Crippen molar-refractivity contribution in [3.8, 4) is 5.75 Å². The Morgan fingerprint density at radius 2 is 1.61 bits per heavy atom. The average Bonchev–Trinajstić information content (AvgIpc) is 2.94. The third-order valence-electron chi connectivity index (χ3n) is 6.87. The maximum Gasteiger partial charge on any atom is 0.337 e. The molecule has 6 heteroatoms. The standard InChI is InChI=1S/C30H33NO5/c1-22(24-8-10-25(11-9-24)28(32)34-2)31-29(33)30(17-20-35-21-18-30)26-12-14-27(15-13-26)36-19-16-23-6-4-3-5-7-23/h3-15,22H,16-21H2,1-2H3,(H,31,33)/t22-/m0/s1. The van der Waals surface area contributed by atoms with Crippen molar-refractivity contribution in [2.75, 3.05) is 26.9 Å². The average molecular weight is 488 g/mol. The lowest BCUT2D eigenvalue weighted by Crippen LogP contribution is -2.48. The number of esters is 1. The lowest BCUT2D eigenvalue weighted by Gasteiger charge is -2.37. The minimum absolute atomic E-state index is 0.0203. The fraction of sp³-hybridized carbons (Fsp3) is 0.333. The van der Waals surface area contributed by atoms with Crippen LogP contribution in [0.1, 0.15) is 52.9 Å². The third kappa shape index (κ3) is 5.94. The van der Waals surface area contributed by atoms with E-state index in [0.717, 1.165) is 23.3 Å². The van der Waals surface area contributed by atoms with E-state index in [1.807, 2.05) is 61.5 Å². The van der Waals surface area contributed by atoms with E-state index in [9.17, 15) is 9.59 Å². The first kappa shape index (κ1) is 25.5. The largest absolute Gasteiger partial charge is 0.493 e. The van der Waals surface area contributed by atoms with Crippen molar-refractivity contribution in [1.29, 1.82) is 0 Å². The first-order valence-corrected chi connectivity index (χ1v) is 12.4. The highest BCUT2D eigenvalue weighted by molar-refractivity contribution is 5.90. The van der Waals surface area contributed by atoms with E-state index in [1.54, 1.807) is 12.1 Å². The van der Waals surface area contributed by atoms with Gasteiger partial charge in [0.25, 0.3) is 0 Å². The van der Waals surface area contributed by atoms with Gasteiger partial charge in [-0.25, -0.2) is 4.79 Å². The summed E-state index contributed by atoms with van der Waals surface area (Å²) in [5, 5.41) is 3.19. The second-order valence-corrected chi connectivity index (χ2v) is 9.11. The summed E-state index contributed by atoms with van der Waals surface area (Å²) in [6.45, 7) is 3.60. The zero-order valence-electron chi connectivity index (χ0n) is 20.9. The molecule has 3 aromatic rings. The van der Waals surface area contributed by atoms with E-state index < -0.39 is 5.41 Å². The fourth-order valence-corrected chi connectivity index (χ4v) is 4.61. The molecule has 4 rings (SSSR count). The highest BCUT2D eigenvalue weighted by atomic mass is 16.5. The molecule has 1 heterocycles. The van der Waals surface area contributed by atoms with Crippen LogP contribution in [0.3, 0.4) is 0 Å². The normalized spacial score (nSPS) is 15.5. The molecule has 6 nitrogen and oxygen atoms in total. The summed E-state index contributed by atoms with van der Waals surface area (Å²) >= 11 is 0. The summed E-state index contributed by atoms with van der Waals surface area (Å²) in [7, 11) is 1.36. The van der Waals surface area contributed by atoms with Crippen molar-refractivity contribution in [2.45, 2.75) is 37.6 Å². The first-order chi connectivity index (χ1) is 17.5. The van der Waals surface area contributed by atoms with Crippen molar-refractivity contribution in [1.82, 2.24) is 5.32 Å². The molecule has 0 spiro atoms. The van der Waals surface area contributed by atoms with Gasteiger partial charge in [0.2, 0.25) is 5.91 Å². The van der Waals surface area contributed by atoms with E-state index in [4.69, 9.17) is 14.2 Å². The third-order valence-corrected chi connectivity index (χ3v) is 6.87. The van der Waals surface area contributed by atoms with Crippen LogP contribution in [0.15, 0.2) is 78.9 Å². The molecule has 0 unspecified atom stereocenters. The Labute approximate surface area is 212 Å². The van der Waals surface area contributed by atoms with Crippen molar-refractivity contribution >= 4 is 11.9 Å². The lowest BCUT2D eigenvalue weighted by molar-refractivity contribution is -0.131. The maximum atomic E-state index is 13.7. The molecule has 0 saturated carbocycles. The van der Waals surface area contributed by atoms with Crippen LogP contribution in [0.5, 0.6) is 5.75 Å². The Balaban J connectivity index is 1.43. The summed E-state index contributed by atoms with van der Waals surface area (Å²) in [6.07, 6.45) is 2.06. The van der Waals surface area contributed by atoms with Gasteiger partial charge in [0.05, 0.1) is 30.7 Å². The summed E-state index contributed by atoms with van der Waals surface area (Å²) in [5.74, 6) is 0.386. The maximum absolute atomic E-state index is 13.7. The number of methoxy groups -OCH3 is 1. The van der Waals surface area contributed by atoms with Gasteiger partial charge in [0.15, 0.2) is 0 Å². The van der Waals surface area contributed by atoms with Crippen LogP contribution in [0.2, 0.25) is 0 Å². The van der Waals surface area contributed by atoms with Crippen LogP contribution >= 0.6 is 0 Å². The minimum Gasteiger partial charge on any atom is -0.493 e. The molecule has 36 heavy (non-hydrogen) atoms. The Morgan fingerprint density at radius 1 is 0.944 bits per heavy atom. The Morgan fingerprint density at radius 3 is 2.25 bits per heavy atom. The summed E-state index contributed by atoms with van der Waals surface area (Å²) in [4.78, 5) is 25.4. The zero-order valence-corrected chi connectivity index (χ0v) is 20.9. The zero-order chi connectivity index (χ0) is 25.4. The molecule has 1 aliphatic rings. The molecule has 0 radical (unpaired) electrons. The van der Waals surface area contributed by atoms with Gasteiger partial charge in [-0.1, -0.05) is 54.6 Å². The minimum atomic E-state index is -0.666. The Bertz CT molecular complexity index is 1140. The molecule has 0 aromatic heterocycles. The second-order valence-electron chi connectivity index (χ2n) is 9.11. The van der Waals surface area contributed by atoms with Gasteiger partial charge >= 0.3 is 5.97 Å². The molecule has 0 bridgehead atoms. The molecule has 1 atom stereocenters. The second kappa shape index (κ2) is 11.9. The Kier molecular flexibility index (Phi) is 8.39. The summed E-state index contributed by atoms with van der Waals surface area (Å²) < 4.78 is 16.3. The number of benzene rings is 3. The molecule has 0 aliphatic carbocycles. The van der Waals surface area contributed by atoms with Gasteiger partial charge in [0, 0.05) is 19.6 Å². The molecule has 1 saturated heterocycles. The molecule has 1 N–H and O–H groups in total. The van der Waals surface area contributed by atoms with E-state index in [0.29, 0.717) is 38.2 Å². The quantitative estimate of drug-likeness (QED) is 0.429. The fourth-order valence-electron chi connectivity index (χ4n) is 4.61. The topological polar surface area (TPSA) is 73.9 Å². The van der Waals surface area contributed by atoms with E-state index in [-0.39, 0.29) is 17.9 Å². The molecule has 3 aromatic carbocycles. The van der Waals surface area contributed by atoms with Crippen molar-refractivity contribution in [3.63, 3.8) is 0 Å². The number of nitrogens with one attached hydrogen (secondary N) is 1.